The summed E-state index contributed by atoms with van der Waals surface area (Å²) in [6.07, 6.45) is 4.98. The Kier molecular flexibility index (Phi) is 3.44. The van der Waals surface area contributed by atoms with Gasteiger partial charge in [0.15, 0.2) is 0 Å². The molecule has 108 valence electrons. The summed E-state index contributed by atoms with van der Waals surface area (Å²) < 4.78 is 0. The number of rotatable bonds is 2. The quantitative estimate of drug-likeness (QED) is 0.869. The van der Waals surface area contributed by atoms with Gasteiger partial charge in [0.05, 0.1) is 5.39 Å². The van der Waals surface area contributed by atoms with Crippen molar-refractivity contribution in [3.05, 3.63) is 16.8 Å². The first kappa shape index (κ1) is 13.8. The summed E-state index contributed by atoms with van der Waals surface area (Å²) in [5.41, 5.74) is 0.492. The fourth-order valence-corrected chi connectivity index (χ4v) is 3.98. The Labute approximate surface area is 124 Å². The predicted molar refractivity (Wildman–Crippen MR) is 86.7 cm³/mol. The van der Waals surface area contributed by atoms with Crippen molar-refractivity contribution in [2.24, 2.45) is 5.41 Å². The maximum atomic E-state index is 4.84. The molecule has 1 N–H and O–H groups in total. The van der Waals surface area contributed by atoms with Crippen LogP contribution in [-0.2, 0) is 0 Å². The average Bonchev–Trinajstić information content (AvgIpc) is 2.77. The third-order valence-electron chi connectivity index (χ3n) is 4.47. The molecule has 0 radical (unpaired) electrons. The molecule has 1 aliphatic carbocycles. The van der Waals surface area contributed by atoms with Crippen LogP contribution in [0.3, 0.4) is 0 Å². The molecule has 2 aromatic heterocycles. The molecule has 3 rings (SSSR count). The second-order valence-corrected chi connectivity index (χ2v) is 7.93. The molecule has 3 nitrogen and oxygen atoms in total. The van der Waals surface area contributed by atoms with E-state index in [1.165, 1.54) is 30.6 Å². The van der Waals surface area contributed by atoms with Gasteiger partial charge in [-0.25, -0.2) is 9.97 Å². The van der Waals surface area contributed by atoms with Crippen LogP contribution in [0.25, 0.3) is 10.2 Å². The smallest absolute Gasteiger partial charge is 0.138 e. The molecule has 0 aliphatic heterocycles. The van der Waals surface area contributed by atoms with Crippen molar-refractivity contribution < 1.29 is 0 Å². The van der Waals surface area contributed by atoms with E-state index in [0.29, 0.717) is 11.3 Å². The van der Waals surface area contributed by atoms with Crippen molar-refractivity contribution in [3.8, 4) is 0 Å². The van der Waals surface area contributed by atoms with E-state index in [0.717, 1.165) is 21.9 Å². The van der Waals surface area contributed by atoms with Crippen LogP contribution < -0.4 is 5.32 Å². The molecule has 0 atom stereocenters. The Morgan fingerprint density at radius 1 is 1.25 bits per heavy atom. The summed E-state index contributed by atoms with van der Waals surface area (Å²) in [6, 6.07) is 2.18. The Morgan fingerprint density at radius 3 is 2.60 bits per heavy atom. The van der Waals surface area contributed by atoms with Crippen molar-refractivity contribution >= 4 is 27.4 Å². The number of aromatic nitrogens is 2. The lowest BCUT2D eigenvalue weighted by Gasteiger charge is -2.33. The Hall–Kier alpha value is -1.16. The highest BCUT2D eigenvalue weighted by Gasteiger charge is 2.29. The van der Waals surface area contributed by atoms with Gasteiger partial charge in [-0.15, -0.1) is 11.3 Å². The third-order valence-corrected chi connectivity index (χ3v) is 5.42. The van der Waals surface area contributed by atoms with Crippen LogP contribution in [0.5, 0.6) is 0 Å². The number of anilines is 1. The van der Waals surface area contributed by atoms with Crippen LogP contribution in [0.2, 0.25) is 0 Å². The highest BCUT2D eigenvalue weighted by Crippen LogP contribution is 2.42. The summed E-state index contributed by atoms with van der Waals surface area (Å²) in [4.78, 5) is 12.1. The summed E-state index contributed by atoms with van der Waals surface area (Å²) >= 11 is 1.77. The molecular weight excluding hydrogens is 266 g/mol. The van der Waals surface area contributed by atoms with Gasteiger partial charge in [-0.05, 0) is 44.1 Å². The Morgan fingerprint density at radius 2 is 1.95 bits per heavy atom. The fourth-order valence-electron chi connectivity index (χ4n) is 3.09. The molecular formula is C16H23N3S. The molecule has 2 heterocycles. The number of aryl methyl sites for hydroxylation is 1. The van der Waals surface area contributed by atoms with E-state index in [1.54, 1.807) is 11.3 Å². The largest absolute Gasteiger partial charge is 0.372 e. The van der Waals surface area contributed by atoms with E-state index in [-0.39, 0.29) is 0 Å². The van der Waals surface area contributed by atoms with Gasteiger partial charge in [0.2, 0.25) is 0 Å². The van der Waals surface area contributed by atoms with Gasteiger partial charge in [0, 0.05) is 17.8 Å². The normalized spacial score (nSPS) is 19.4. The van der Waals surface area contributed by atoms with Crippen molar-refractivity contribution in [1.29, 1.82) is 0 Å². The molecule has 0 spiro atoms. The minimum absolute atomic E-state index is 0.492. The van der Waals surface area contributed by atoms with Crippen molar-refractivity contribution in [2.45, 2.75) is 52.4 Å². The summed E-state index contributed by atoms with van der Waals surface area (Å²) in [5.74, 6) is 2.56. The lowest BCUT2D eigenvalue weighted by atomic mass is 9.73. The number of nitrogens with one attached hydrogen (secondary N) is 1. The number of nitrogens with zero attached hydrogens (tertiary/aromatic N) is 2. The molecule has 4 heteroatoms. The van der Waals surface area contributed by atoms with Crippen LogP contribution in [0, 0.1) is 12.3 Å². The molecule has 1 fully saturated rings. The molecule has 1 saturated carbocycles. The summed E-state index contributed by atoms with van der Waals surface area (Å²) in [7, 11) is 1.95. The van der Waals surface area contributed by atoms with Gasteiger partial charge in [-0.3, -0.25) is 0 Å². The lowest BCUT2D eigenvalue weighted by Crippen LogP contribution is -2.21. The zero-order chi connectivity index (χ0) is 14.3. The van der Waals surface area contributed by atoms with Crippen molar-refractivity contribution in [1.82, 2.24) is 9.97 Å². The maximum Gasteiger partial charge on any atom is 0.138 e. The highest BCUT2D eigenvalue weighted by atomic mass is 32.1. The van der Waals surface area contributed by atoms with Crippen LogP contribution in [0.4, 0.5) is 5.82 Å². The SMILES string of the molecule is CNc1nc(C2CCC(C)(C)CC2)nc2sc(C)cc12. The van der Waals surface area contributed by atoms with Gasteiger partial charge >= 0.3 is 0 Å². The van der Waals surface area contributed by atoms with Crippen LogP contribution in [-0.4, -0.2) is 17.0 Å². The van der Waals surface area contributed by atoms with Crippen LogP contribution in [0.15, 0.2) is 6.07 Å². The predicted octanol–water partition coefficient (Wildman–Crippen LogP) is 4.73. The van der Waals surface area contributed by atoms with E-state index in [9.17, 15) is 0 Å². The number of thiophene rings is 1. The average molecular weight is 289 g/mol. The maximum absolute atomic E-state index is 4.84. The first-order valence-corrected chi connectivity index (χ1v) is 8.26. The first-order chi connectivity index (χ1) is 9.48. The summed E-state index contributed by atoms with van der Waals surface area (Å²) in [6.45, 7) is 6.87. The Bertz CT molecular complexity index is 620. The van der Waals surface area contributed by atoms with Crippen molar-refractivity contribution in [3.63, 3.8) is 0 Å². The summed E-state index contributed by atoms with van der Waals surface area (Å²) in [5, 5.41) is 4.40. The van der Waals surface area contributed by atoms with Crippen LogP contribution >= 0.6 is 11.3 Å². The van der Waals surface area contributed by atoms with Crippen molar-refractivity contribution in [2.75, 3.05) is 12.4 Å². The molecule has 0 bridgehead atoms. The Balaban J connectivity index is 1.96. The van der Waals surface area contributed by atoms with E-state index < -0.39 is 0 Å². The topological polar surface area (TPSA) is 37.8 Å². The van der Waals surface area contributed by atoms with Gasteiger partial charge in [-0.2, -0.15) is 0 Å². The van der Waals surface area contributed by atoms with E-state index in [4.69, 9.17) is 9.97 Å². The van der Waals surface area contributed by atoms with E-state index in [2.05, 4.69) is 32.2 Å². The molecule has 0 aromatic carbocycles. The van der Waals surface area contributed by atoms with E-state index >= 15 is 0 Å². The lowest BCUT2D eigenvalue weighted by molar-refractivity contribution is 0.221. The molecule has 1 aliphatic rings. The minimum Gasteiger partial charge on any atom is -0.372 e. The van der Waals surface area contributed by atoms with Gasteiger partial charge in [-0.1, -0.05) is 13.8 Å². The monoisotopic (exact) mass is 289 g/mol. The van der Waals surface area contributed by atoms with Gasteiger partial charge in [0.25, 0.3) is 0 Å². The molecule has 0 amide bonds. The second-order valence-electron chi connectivity index (χ2n) is 6.69. The third kappa shape index (κ3) is 2.53. The van der Waals surface area contributed by atoms with Gasteiger partial charge in [0.1, 0.15) is 16.5 Å². The minimum atomic E-state index is 0.492. The molecule has 0 unspecified atom stereocenters. The first-order valence-electron chi connectivity index (χ1n) is 7.44. The fraction of sp³-hybridized carbons (Fsp3) is 0.625. The molecule has 0 saturated heterocycles. The molecule has 20 heavy (non-hydrogen) atoms. The van der Waals surface area contributed by atoms with Gasteiger partial charge < -0.3 is 5.32 Å². The number of fused-ring (bicyclic) bond motifs is 1. The second kappa shape index (κ2) is 4.99. The zero-order valence-corrected chi connectivity index (χ0v) is 13.6. The number of hydrogen-bond donors (Lipinski definition) is 1. The van der Waals surface area contributed by atoms with E-state index in [1.807, 2.05) is 7.05 Å². The number of hydrogen-bond acceptors (Lipinski definition) is 4. The standard InChI is InChI=1S/C16H23N3S/c1-10-9-12-14(17-4)18-13(19-15(12)20-10)11-5-7-16(2,3)8-6-11/h9,11H,5-8H2,1-4H3,(H,17,18,19). The highest BCUT2D eigenvalue weighted by molar-refractivity contribution is 7.18. The van der Waals surface area contributed by atoms with Crippen LogP contribution in [0.1, 0.15) is 56.2 Å². The zero-order valence-electron chi connectivity index (χ0n) is 12.8. The molecule has 2 aromatic rings.